The highest BCUT2D eigenvalue weighted by Crippen LogP contribution is 2.34. The Morgan fingerprint density at radius 3 is 2.64 bits per heavy atom. The third-order valence-electron chi connectivity index (χ3n) is 3.89. The summed E-state index contributed by atoms with van der Waals surface area (Å²) < 4.78 is 14.7. The van der Waals surface area contributed by atoms with Gasteiger partial charge in [0.2, 0.25) is 0 Å². The molecule has 0 spiro atoms. The maximum Gasteiger partial charge on any atom is 0.261 e. The summed E-state index contributed by atoms with van der Waals surface area (Å²) in [5.41, 5.74) is 1.94. The Bertz CT molecular complexity index is 720. The van der Waals surface area contributed by atoms with Gasteiger partial charge >= 0.3 is 0 Å². The molecule has 0 saturated carbocycles. The number of halogens is 2. The number of carbonyl (C=O) groups excluding carboxylic acids is 1. The number of rotatable bonds is 2. The molecule has 2 aromatic rings. The predicted molar refractivity (Wildman–Crippen MR) is 90.1 cm³/mol. The summed E-state index contributed by atoms with van der Waals surface area (Å²) >= 11 is 3.30. The molecule has 1 aliphatic heterocycles. The zero-order chi connectivity index (χ0) is 15.7. The van der Waals surface area contributed by atoms with Crippen LogP contribution in [0.1, 0.15) is 17.3 Å². The summed E-state index contributed by atoms with van der Waals surface area (Å²) in [5, 5.41) is 0. The predicted octanol–water partition coefficient (Wildman–Crippen LogP) is 4.07. The Kier molecular flexibility index (Phi) is 4.16. The number of anilines is 2. The van der Waals surface area contributed by atoms with Crippen molar-refractivity contribution >= 4 is 33.2 Å². The lowest BCUT2D eigenvalue weighted by Gasteiger charge is -2.37. The summed E-state index contributed by atoms with van der Waals surface area (Å²) in [6, 6.07) is 12.2. The monoisotopic (exact) mass is 362 g/mol. The minimum absolute atomic E-state index is 0.0918. The van der Waals surface area contributed by atoms with Crippen LogP contribution in [-0.2, 0) is 0 Å². The fraction of sp³-hybridized carbons (Fsp3) is 0.235. The molecule has 0 saturated heterocycles. The summed E-state index contributed by atoms with van der Waals surface area (Å²) in [6.45, 7) is 4.26. The van der Waals surface area contributed by atoms with E-state index >= 15 is 0 Å². The molecule has 0 fully saturated rings. The highest BCUT2D eigenvalue weighted by Gasteiger charge is 2.28. The van der Waals surface area contributed by atoms with E-state index in [2.05, 4.69) is 27.8 Å². The van der Waals surface area contributed by atoms with E-state index in [1.54, 1.807) is 11.0 Å². The zero-order valence-electron chi connectivity index (χ0n) is 12.2. The molecule has 0 aromatic heterocycles. The molecule has 3 rings (SSSR count). The number of para-hydroxylation sites is 2. The molecule has 2 aromatic carbocycles. The lowest BCUT2D eigenvalue weighted by atomic mass is 10.1. The zero-order valence-corrected chi connectivity index (χ0v) is 13.8. The average molecular weight is 363 g/mol. The Hall–Kier alpha value is -1.88. The standard InChI is InChI=1S/C17H16BrFN2O/c1-2-20-9-10-21(16-6-4-3-5-15(16)20)17(22)13-11-12(18)7-8-14(13)19/h3-8,11H,2,9-10H2,1H3. The summed E-state index contributed by atoms with van der Waals surface area (Å²) in [4.78, 5) is 16.7. The van der Waals surface area contributed by atoms with Crippen LogP contribution in [0, 0.1) is 5.82 Å². The van der Waals surface area contributed by atoms with E-state index in [1.165, 1.54) is 12.1 Å². The van der Waals surface area contributed by atoms with Crippen LogP contribution in [0.15, 0.2) is 46.9 Å². The quantitative estimate of drug-likeness (QED) is 0.803. The molecule has 1 heterocycles. The van der Waals surface area contributed by atoms with Crippen molar-refractivity contribution in [2.45, 2.75) is 6.92 Å². The van der Waals surface area contributed by atoms with Gasteiger partial charge in [0, 0.05) is 24.1 Å². The molecule has 0 radical (unpaired) electrons. The number of amides is 1. The minimum atomic E-state index is -0.497. The molecule has 0 bridgehead atoms. The largest absolute Gasteiger partial charge is 0.368 e. The lowest BCUT2D eigenvalue weighted by molar-refractivity contribution is 0.0982. The number of hydrogen-bond acceptors (Lipinski definition) is 2. The van der Waals surface area contributed by atoms with Crippen molar-refractivity contribution in [1.29, 1.82) is 0 Å². The van der Waals surface area contributed by atoms with Gasteiger partial charge in [-0.3, -0.25) is 4.79 Å². The van der Waals surface area contributed by atoms with Crippen LogP contribution < -0.4 is 9.80 Å². The number of nitrogens with zero attached hydrogens (tertiary/aromatic N) is 2. The first-order valence-corrected chi connectivity index (χ1v) is 8.02. The number of benzene rings is 2. The van der Waals surface area contributed by atoms with Gasteiger partial charge in [0.25, 0.3) is 5.91 Å². The van der Waals surface area contributed by atoms with Crippen molar-refractivity contribution in [3.63, 3.8) is 0 Å². The van der Waals surface area contributed by atoms with E-state index in [-0.39, 0.29) is 11.5 Å². The molecule has 0 atom stereocenters. The minimum Gasteiger partial charge on any atom is -0.368 e. The smallest absolute Gasteiger partial charge is 0.261 e. The van der Waals surface area contributed by atoms with Crippen LogP contribution in [-0.4, -0.2) is 25.5 Å². The topological polar surface area (TPSA) is 23.6 Å². The summed E-state index contributed by atoms with van der Waals surface area (Å²) in [5.74, 6) is -0.800. The van der Waals surface area contributed by atoms with Gasteiger partial charge < -0.3 is 9.80 Å². The fourth-order valence-electron chi connectivity index (χ4n) is 2.77. The van der Waals surface area contributed by atoms with Crippen molar-refractivity contribution < 1.29 is 9.18 Å². The van der Waals surface area contributed by atoms with E-state index in [9.17, 15) is 9.18 Å². The molecule has 5 heteroatoms. The number of fused-ring (bicyclic) bond motifs is 1. The van der Waals surface area contributed by atoms with Gasteiger partial charge in [-0.1, -0.05) is 28.1 Å². The number of hydrogen-bond donors (Lipinski definition) is 0. The number of carbonyl (C=O) groups is 1. The van der Waals surface area contributed by atoms with E-state index in [0.717, 1.165) is 24.5 Å². The molecule has 3 nitrogen and oxygen atoms in total. The molecular formula is C17H16BrFN2O. The second-order valence-corrected chi connectivity index (χ2v) is 6.07. The third-order valence-corrected chi connectivity index (χ3v) is 4.39. The maximum atomic E-state index is 14.0. The van der Waals surface area contributed by atoms with Crippen molar-refractivity contribution in [3.8, 4) is 0 Å². The van der Waals surface area contributed by atoms with Crippen molar-refractivity contribution in [1.82, 2.24) is 0 Å². The highest BCUT2D eigenvalue weighted by molar-refractivity contribution is 9.10. The van der Waals surface area contributed by atoms with Gasteiger partial charge in [0.15, 0.2) is 0 Å². The van der Waals surface area contributed by atoms with Crippen LogP contribution in [0.2, 0.25) is 0 Å². The SMILES string of the molecule is CCN1CCN(C(=O)c2cc(Br)ccc2F)c2ccccc21. The van der Waals surface area contributed by atoms with Gasteiger partial charge in [-0.2, -0.15) is 0 Å². The van der Waals surface area contributed by atoms with E-state index in [0.29, 0.717) is 11.0 Å². The fourth-order valence-corrected chi connectivity index (χ4v) is 3.13. The van der Waals surface area contributed by atoms with Crippen LogP contribution in [0.5, 0.6) is 0 Å². The third kappa shape index (κ3) is 2.61. The van der Waals surface area contributed by atoms with E-state index in [1.807, 2.05) is 24.3 Å². The Morgan fingerprint density at radius 1 is 1.18 bits per heavy atom. The van der Waals surface area contributed by atoms with Gasteiger partial charge in [-0.25, -0.2) is 4.39 Å². The second kappa shape index (κ2) is 6.08. The second-order valence-electron chi connectivity index (χ2n) is 5.15. The number of likely N-dealkylation sites (N-methyl/N-ethyl adjacent to an activating group) is 1. The first kappa shape index (κ1) is 15.0. The van der Waals surface area contributed by atoms with Crippen LogP contribution in [0.25, 0.3) is 0 Å². The molecule has 1 aliphatic rings. The summed E-state index contributed by atoms with van der Waals surface area (Å²) in [7, 11) is 0. The normalized spacial score (nSPS) is 14.0. The van der Waals surface area contributed by atoms with E-state index in [4.69, 9.17) is 0 Å². The van der Waals surface area contributed by atoms with Gasteiger partial charge in [0.1, 0.15) is 5.82 Å². The van der Waals surface area contributed by atoms with Gasteiger partial charge in [0.05, 0.1) is 16.9 Å². The van der Waals surface area contributed by atoms with Gasteiger partial charge in [-0.05, 0) is 37.3 Å². The van der Waals surface area contributed by atoms with Crippen molar-refractivity contribution in [2.24, 2.45) is 0 Å². The molecule has 0 unspecified atom stereocenters. The highest BCUT2D eigenvalue weighted by atomic mass is 79.9. The van der Waals surface area contributed by atoms with E-state index < -0.39 is 5.82 Å². The van der Waals surface area contributed by atoms with Crippen molar-refractivity contribution in [3.05, 3.63) is 58.3 Å². The Morgan fingerprint density at radius 2 is 1.91 bits per heavy atom. The molecule has 0 N–H and O–H groups in total. The maximum absolute atomic E-state index is 14.0. The lowest BCUT2D eigenvalue weighted by Crippen LogP contribution is -2.44. The van der Waals surface area contributed by atoms with Crippen LogP contribution in [0.4, 0.5) is 15.8 Å². The molecular weight excluding hydrogens is 347 g/mol. The molecule has 22 heavy (non-hydrogen) atoms. The molecule has 1 amide bonds. The van der Waals surface area contributed by atoms with Crippen LogP contribution in [0.3, 0.4) is 0 Å². The Labute approximate surface area is 137 Å². The van der Waals surface area contributed by atoms with Crippen LogP contribution >= 0.6 is 15.9 Å². The van der Waals surface area contributed by atoms with Gasteiger partial charge in [-0.15, -0.1) is 0 Å². The average Bonchev–Trinajstić information content (AvgIpc) is 2.55. The first-order valence-electron chi connectivity index (χ1n) is 7.22. The summed E-state index contributed by atoms with van der Waals surface area (Å²) in [6.07, 6.45) is 0. The Balaban J connectivity index is 2.02. The first-order chi connectivity index (χ1) is 10.6. The van der Waals surface area contributed by atoms with Crippen molar-refractivity contribution in [2.75, 3.05) is 29.4 Å². The molecule has 0 aliphatic carbocycles. The molecule has 114 valence electrons.